The van der Waals surface area contributed by atoms with Crippen LogP contribution in [0, 0.1) is 0 Å². The first-order valence-corrected chi connectivity index (χ1v) is 3.45. The molecule has 4 N–H and O–H groups in total. The van der Waals surface area contributed by atoms with Gasteiger partial charge in [-0.3, -0.25) is 0 Å². The van der Waals surface area contributed by atoms with Crippen LogP contribution < -0.4 is 11.5 Å². The highest BCUT2D eigenvalue weighted by Crippen LogP contribution is 1.98. The normalized spacial score (nSPS) is 15.8. The topological polar surface area (TPSA) is 52.0 Å². The molecule has 0 heterocycles. The summed E-state index contributed by atoms with van der Waals surface area (Å²) in [6.45, 7) is 7.16. The number of hydrogen-bond donors (Lipinski definition) is 2. The third kappa shape index (κ3) is 3.43. The summed E-state index contributed by atoms with van der Waals surface area (Å²) in [5.74, 6) is 0. The maximum atomic E-state index is 5.67. The molecule has 2 nitrogen and oxygen atoms in total. The molecule has 0 rings (SSSR count). The van der Waals surface area contributed by atoms with Crippen LogP contribution in [0.4, 0.5) is 0 Å². The Morgan fingerprint density at radius 1 is 1.00 bits per heavy atom. The van der Waals surface area contributed by atoms with Crippen LogP contribution in [0.15, 0.2) is 25.3 Å². The van der Waals surface area contributed by atoms with Crippen molar-refractivity contribution in [3.63, 3.8) is 0 Å². The Balaban J connectivity index is 3.56. The fraction of sp³-hybridized carbons (Fsp3) is 0.500. The second-order valence-corrected chi connectivity index (χ2v) is 2.38. The van der Waals surface area contributed by atoms with Crippen LogP contribution >= 0.6 is 0 Å². The Hall–Kier alpha value is -0.600. The van der Waals surface area contributed by atoms with E-state index in [0.29, 0.717) is 0 Å². The highest BCUT2D eigenvalue weighted by atomic mass is 14.8. The zero-order valence-corrected chi connectivity index (χ0v) is 6.29. The van der Waals surface area contributed by atoms with E-state index in [1.165, 1.54) is 0 Å². The fourth-order valence-corrected chi connectivity index (χ4v) is 0.734. The van der Waals surface area contributed by atoms with Gasteiger partial charge in [0.1, 0.15) is 0 Å². The Morgan fingerprint density at radius 2 is 1.30 bits per heavy atom. The van der Waals surface area contributed by atoms with Crippen molar-refractivity contribution >= 4 is 0 Å². The molecule has 0 aliphatic carbocycles. The summed E-state index contributed by atoms with van der Waals surface area (Å²) in [7, 11) is 0. The van der Waals surface area contributed by atoms with Crippen molar-refractivity contribution in [1.29, 1.82) is 0 Å². The number of nitrogens with two attached hydrogens (primary N) is 2. The summed E-state index contributed by atoms with van der Waals surface area (Å²) >= 11 is 0. The first-order chi connectivity index (χ1) is 4.72. The molecule has 0 saturated carbocycles. The lowest BCUT2D eigenvalue weighted by molar-refractivity contribution is 0.534. The number of hydrogen-bond acceptors (Lipinski definition) is 2. The van der Waals surface area contributed by atoms with Gasteiger partial charge in [0.2, 0.25) is 0 Å². The van der Waals surface area contributed by atoms with Gasteiger partial charge in [-0.25, -0.2) is 0 Å². The summed E-state index contributed by atoms with van der Waals surface area (Å²) in [6, 6.07) is 0.0472. The molecule has 0 bridgehead atoms. The van der Waals surface area contributed by atoms with Gasteiger partial charge in [0.05, 0.1) is 0 Å². The molecule has 0 aliphatic heterocycles. The molecule has 0 fully saturated rings. The molecule has 58 valence electrons. The monoisotopic (exact) mass is 140 g/mol. The predicted molar refractivity (Wildman–Crippen MR) is 45.6 cm³/mol. The van der Waals surface area contributed by atoms with E-state index < -0.39 is 0 Å². The second-order valence-electron chi connectivity index (χ2n) is 2.38. The van der Waals surface area contributed by atoms with Gasteiger partial charge in [-0.1, -0.05) is 12.2 Å². The maximum Gasteiger partial charge on any atom is 0.0230 e. The largest absolute Gasteiger partial charge is 0.326 e. The molecule has 0 spiro atoms. The maximum absolute atomic E-state index is 5.67. The Bertz CT molecular complexity index is 95.8. The molecule has 0 saturated heterocycles. The molecule has 0 aromatic carbocycles. The predicted octanol–water partition coefficient (Wildman–Crippen LogP) is 0.793. The summed E-state index contributed by atoms with van der Waals surface area (Å²) in [5.41, 5.74) is 11.3. The van der Waals surface area contributed by atoms with E-state index in [1.807, 2.05) is 0 Å². The van der Waals surface area contributed by atoms with Gasteiger partial charge in [-0.05, 0) is 12.8 Å². The first kappa shape index (κ1) is 9.40. The zero-order valence-electron chi connectivity index (χ0n) is 6.29. The van der Waals surface area contributed by atoms with Crippen molar-refractivity contribution in [2.75, 3.05) is 0 Å². The minimum Gasteiger partial charge on any atom is -0.326 e. The smallest absolute Gasteiger partial charge is 0.0230 e. The highest BCUT2D eigenvalue weighted by molar-refractivity contribution is 4.87. The van der Waals surface area contributed by atoms with Gasteiger partial charge < -0.3 is 11.5 Å². The van der Waals surface area contributed by atoms with Crippen LogP contribution in [-0.2, 0) is 0 Å². The summed E-state index contributed by atoms with van der Waals surface area (Å²) in [4.78, 5) is 0. The molecule has 2 atom stereocenters. The van der Waals surface area contributed by atoms with Crippen LogP contribution in [0.25, 0.3) is 0 Å². The Morgan fingerprint density at radius 3 is 1.50 bits per heavy atom. The lowest BCUT2D eigenvalue weighted by Crippen LogP contribution is -2.40. The Labute approximate surface area is 62.6 Å². The summed E-state index contributed by atoms with van der Waals surface area (Å²) in [5, 5.41) is 0. The van der Waals surface area contributed by atoms with Gasteiger partial charge in [-0.15, -0.1) is 13.2 Å². The van der Waals surface area contributed by atoms with Gasteiger partial charge in [0.15, 0.2) is 0 Å². The van der Waals surface area contributed by atoms with Gasteiger partial charge >= 0.3 is 0 Å². The SMILES string of the molecule is C=CC[C@@H](N)[C@H](N)CC=C. The summed E-state index contributed by atoms with van der Waals surface area (Å²) in [6.07, 6.45) is 5.12. The van der Waals surface area contributed by atoms with Crippen molar-refractivity contribution < 1.29 is 0 Å². The molecule has 0 aromatic rings. The van der Waals surface area contributed by atoms with E-state index >= 15 is 0 Å². The minimum atomic E-state index is 0.0236. The third-order valence-electron chi connectivity index (χ3n) is 1.43. The van der Waals surface area contributed by atoms with E-state index in [0.717, 1.165) is 12.8 Å². The van der Waals surface area contributed by atoms with Crippen LogP contribution in [-0.4, -0.2) is 12.1 Å². The average Bonchev–Trinajstić information content (AvgIpc) is 1.89. The summed E-state index contributed by atoms with van der Waals surface area (Å²) < 4.78 is 0. The van der Waals surface area contributed by atoms with Crippen LogP contribution in [0.5, 0.6) is 0 Å². The molecular formula is C8H16N2. The van der Waals surface area contributed by atoms with Gasteiger partial charge in [0.25, 0.3) is 0 Å². The fourth-order valence-electron chi connectivity index (χ4n) is 0.734. The standard InChI is InChI=1S/C8H16N2/c1-3-5-7(9)8(10)6-4-2/h3-4,7-8H,1-2,5-6,9-10H2/t7-,8-/m1/s1. The van der Waals surface area contributed by atoms with Crippen LogP contribution in [0.1, 0.15) is 12.8 Å². The van der Waals surface area contributed by atoms with Crippen molar-refractivity contribution in [2.24, 2.45) is 11.5 Å². The lowest BCUT2D eigenvalue weighted by Gasteiger charge is -2.15. The quantitative estimate of drug-likeness (QED) is 0.555. The van der Waals surface area contributed by atoms with Crippen LogP contribution in [0.3, 0.4) is 0 Å². The van der Waals surface area contributed by atoms with Gasteiger partial charge in [0, 0.05) is 12.1 Å². The molecule has 0 unspecified atom stereocenters. The zero-order chi connectivity index (χ0) is 7.98. The molecule has 0 radical (unpaired) electrons. The van der Waals surface area contributed by atoms with E-state index in [1.54, 1.807) is 12.2 Å². The molecule has 0 aromatic heterocycles. The highest BCUT2D eigenvalue weighted by Gasteiger charge is 2.08. The van der Waals surface area contributed by atoms with E-state index in [-0.39, 0.29) is 12.1 Å². The lowest BCUT2D eigenvalue weighted by atomic mass is 10.0. The molecule has 10 heavy (non-hydrogen) atoms. The van der Waals surface area contributed by atoms with Crippen molar-refractivity contribution in [3.8, 4) is 0 Å². The van der Waals surface area contributed by atoms with Crippen molar-refractivity contribution in [2.45, 2.75) is 24.9 Å². The number of rotatable bonds is 5. The molecular weight excluding hydrogens is 124 g/mol. The van der Waals surface area contributed by atoms with Gasteiger partial charge in [-0.2, -0.15) is 0 Å². The third-order valence-corrected chi connectivity index (χ3v) is 1.43. The van der Waals surface area contributed by atoms with Crippen molar-refractivity contribution in [3.05, 3.63) is 25.3 Å². The average molecular weight is 140 g/mol. The van der Waals surface area contributed by atoms with E-state index in [9.17, 15) is 0 Å². The van der Waals surface area contributed by atoms with E-state index in [4.69, 9.17) is 11.5 Å². The van der Waals surface area contributed by atoms with Crippen LogP contribution in [0.2, 0.25) is 0 Å². The van der Waals surface area contributed by atoms with E-state index in [2.05, 4.69) is 13.2 Å². The first-order valence-electron chi connectivity index (χ1n) is 3.45. The Kier molecular flexibility index (Phi) is 4.89. The minimum absolute atomic E-state index is 0.0236. The molecule has 2 heteroatoms. The molecule has 0 aliphatic rings. The van der Waals surface area contributed by atoms with Crippen molar-refractivity contribution in [1.82, 2.24) is 0 Å². The second kappa shape index (κ2) is 5.21. The molecule has 0 amide bonds.